The van der Waals surface area contributed by atoms with Gasteiger partial charge in [0.15, 0.2) is 5.76 Å². The summed E-state index contributed by atoms with van der Waals surface area (Å²) in [5.41, 5.74) is 3.12. The van der Waals surface area contributed by atoms with E-state index in [4.69, 9.17) is 16.0 Å². The highest BCUT2D eigenvalue weighted by Crippen LogP contribution is 2.30. The zero-order valence-electron chi connectivity index (χ0n) is 15.9. The number of H-pyrrole nitrogens is 1. The van der Waals surface area contributed by atoms with Crippen LogP contribution in [-0.4, -0.2) is 33.4 Å². The first-order chi connectivity index (χ1) is 14.0. The van der Waals surface area contributed by atoms with Gasteiger partial charge in [0.1, 0.15) is 5.58 Å². The van der Waals surface area contributed by atoms with Crippen molar-refractivity contribution >= 4 is 39.5 Å². The van der Waals surface area contributed by atoms with Crippen LogP contribution in [0.4, 0.5) is 0 Å². The quantitative estimate of drug-likeness (QED) is 0.529. The molecule has 7 heteroatoms. The fourth-order valence-corrected chi connectivity index (χ4v) is 4.48. The number of nitrogens with one attached hydrogen (secondary N) is 1. The molecule has 1 N–H and O–H groups in total. The number of fused-ring (bicyclic) bond motifs is 2. The molecule has 0 aliphatic carbocycles. The molecular weight excluding hydrogens is 390 g/mol. The SMILES string of the molecule is Cc1c(C(=O)N2CCC(n3c(=O)[nH]c4ccccc43)CC2)oc2ccc(Cl)cc12. The van der Waals surface area contributed by atoms with Crippen molar-refractivity contribution < 1.29 is 9.21 Å². The Morgan fingerprint density at radius 3 is 2.72 bits per heavy atom. The largest absolute Gasteiger partial charge is 0.451 e. The number of rotatable bonds is 2. The maximum atomic E-state index is 13.1. The Kier molecular flexibility index (Phi) is 4.24. The summed E-state index contributed by atoms with van der Waals surface area (Å²) in [5.74, 6) is 0.254. The average Bonchev–Trinajstić information content (AvgIpc) is 3.24. The van der Waals surface area contributed by atoms with Crippen molar-refractivity contribution in [3.05, 3.63) is 69.3 Å². The summed E-state index contributed by atoms with van der Waals surface area (Å²) in [7, 11) is 0. The van der Waals surface area contributed by atoms with E-state index in [2.05, 4.69) is 4.98 Å². The van der Waals surface area contributed by atoms with Gasteiger partial charge in [0, 0.05) is 35.1 Å². The molecule has 29 heavy (non-hydrogen) atoms. The van der Waals surface area contributed by atoms with E-state index in [-0.39, 0.29) is 17.6 Å². The number of aromatic amines is 1. The standard InChI is InChI=1S/C22H20ClN3O3/c1-13-16-12-14(23)6-7-19(16)29-20(13)21(27)25-10-8-15(9-11-25)26-18-5-3-2-4-17(18)24-22(26)28/h2-7,12,15H,8-11H2,1H3,(H,24,28). The summed E-state index contributed by atoms with van der Waals surface area (Å²) < 4.78 is 7.66. The number of likely N-dealkylation sites (tertiary alicyclic amines) is 1. The van der Waals surface area contributed by atoms with Gasteiger partial charge in [0.05, 0.1) is 11.0 Å². The van der Waals surface area contributed by atoms with Gasteiger partial charge in [-0.25, -0.2) is 4.79 Å². The first kappa shape index (κ1) is 18.1. The number of halogens is 1. The Morgan fingerprint density at radius 1 is 1.17 bits per heavy atom. The Balaban J connectivity index is 1.38. The molecule has 1 aliphatic heterocycles. The van der Waals surface area contributed by atoms with Crippen molar-refractivity contribution in [2.75, 3.05) is 13.1 Å². The minimum atomic E-state index is -0.112. The summed E-state index contributed by atoms with van der Waals surface area (Å²) in [6, 6.07) is 13.1. The number of hydrogen-bond acceptors (Lipinski definition) is 3. The number of aryl methyl sites for hydroxylation is 1. The second-order valence-corrected chi connectivity index (χ2v) is 7.97. The van der Waals surface area contributed by atoms with Gasteiger partial charge in [-0.15, -0.1) is 0 Å². The second-order valence-electron chi connectivity index (χ2n) is 7.54. The van der Waals surface area contributed by atoms with E-state index >= 15 is 0 Å². The number of para-hydroxylation sites is 2. The highest BCUT2D eigenvalue weighted by atomic mass is 35.5. The lowest BCUT2D eigenvalue weighted by atomic mass is 10.0. The van der Waals surface area contributed by atoms with Crippen LogP contribution >= 0.6 is 11.6 Å². The first-order valence-corrected chi connectivity index (χ1v) is 10.1. The van der Waals surface area contributed by atoms with E-state index in [0.717, 1.165) is 34.8 Å². The normalized spacial score (nSPS) is 15.4. The molecule has 0 radical (unpaired) electrons. The van der Waals surface area contributed by atoms with Crippen LogP contribution < -0.4 is 5.69 Å². The lowest BCUT2D eigenvalue weighted by molar-refractivity contribution is 0.0664. The van der Waals surface area contributed by atoms with Crippen molar-refractivity contribution in [1.82, 2.24) is 14.5 Å². The van der Waals surface area contributed by atoms with Gasteiger partial charge in [0.25, 0.3) is 5.91 Å². The molecule has 2 aromatic carbocycles. The lowest BCUT2D eigenvalue weighted by Crippen LogP contribution is -2.40. The minimum Gasteiger partial charge on any atom is -0.451 e. The molecule has 5 rings (SSSR count). The molecule has 0 saturated carbocycles. The second kappa shape index (κ2) is 6.81. The van der Waals surface area contributed by atoms with Gasteiger partial charge in [-0.1, -0.05) is 23.7 Å². The number of benzene rings is 2. The number of nitrogens with zero attached hydrogens (tertiary/aromatic N) is 2. The summed E-state index contributed by atoms with van der Waals surface area (Å²) in [6.45, 7) is 3.03. The van der Waals surface area contributed by atoms with Crippen LogP contribution in [0.3, 0.4) is 0 Å². The third kappa shape index (κ3) is 2.95. The molecule has 2 aromatic heterocycles. The Morgan fingerprint density at radius 2 is 1.93 bits per heavy atom. The smallest absolute Gasteiger partial charge is 0.326 e. The molecule has 4 aromatic rings. The van der Waals surface area contributed by atoms with E-state index in [1.807, 2.05) is 46.7 Å². The molecular formula is C22H20ClN3O3. The van der Waals surface area contributed by atoms with Crippen LogP contribution in [-0.2, 0) is 0 Å². The van der Waals surface area contributed by atoms with Crippen LogP contribution in [0.2, 0.25) is 5.02 Å². The van der Waals surface area contributed by atoms with Gasteiger partial charge in [-0.2, -0.15) is 0 Å². The van der Waals surface area contributed by atoms with Gasteiger partial charge in [0.2, 0.25) is 0 Å². The number of aromatic nitrogens is 2. The van der Waals surface area contributed by atoms with Crippen LogP contribution in [0.5, 0.6) is 0 Å². The Bertz CT molecular complexity index is 1290. The van der Waals surface area contributed by atoms with Crippen LogP contribution in [0.1, 0.15) is 35.0 Å². The number of piperidine rings is 1. The Labute approximate surface area is 171 Å². The summed E-state index contributed by atoms with van der Waals surface area (Å²) >= 11 is 6.08. The van der Waals surface area contributed by atoms with Gasteiger partial charge in [-0.3, -0.25) is 9.36 Å². The molecule has 0 bridgehead atoms. The van der Waals surface area contributed by atoms with E-state index in [1.54, 1.807) is 12.1 Å². The van der Waals surface area contributed by atoms with E-state index in [9.17, 15) is 9.59 Å². The molecule has 1 fully saturated rings. The molecule has 0 atom stereocenters. The zero-order valence-corrected chi connectivity index (χ0v) is 16.7. The molecule has 3 heterocycles. The van der Waals surface area contributed by atoms with Gasteiger partial charge >= 0.3 is 5.69 Å². The van der Waals surface area contributed by atoms with Crippen LogP contribution in [0.25, 0.3) is 22.0 Å². The predicted molar refractivity (Wildman–Crippen MR) is 113 cm³/mol. The van der Waals surface area contributed by atoms with Crippen molar-refractivity contribution in [2.24, 2.45) is 0 Å². The molecule has 0 unspecified atom stereocenters. The van der Waals surface area contributed by atoms with Crippen molar-refractivity contribution in [1.29, 1.82) is 0 Å². The number of hydrogen-bond donors (Lipinski definition) is 1. The monoisotopic (exact) mass is 409 g/mol. The fraction of sp³-hybridized carbons (Fsp3) is 0.273. The van der Waals surface area contributed by atoms with E-state index in [1.165, 1.54) is 0 Å². The number of imidazole rings is 1. The van der Waals surface area contributed by atoms with Crippen molar-refractivity contribution in [2.45, 2.75) is 25.8 Å². The van der Waals surface area contributed by atoms with Gasteiger partial charge in [-0.05, 0) is 50.1 Å². The fourth-order valence-electron chi connectivity index (χ4n) is 4.30. The van der Waals surface area contributed by atoms with Crippen LogP contribution in [0.15, 0.2) is 51.7 Å². The van der Waals surface area contributed by atoms with E-state index < -0.39 is 0 Å². The molecule has 1 aliphatic rings. The molecule has 1 saturated heterocycles. The van der Waals surface area contributed by atoms with Gasteiger partial charge < -0.3 is 14.3 Å². The van der Waals surface area contributed by atoms with Crippen molar-refractivity contribution in [3.63, 3.8) is 0 Å². The van der Waals surface area contributed by atoms with E-state index in [0.29, 0.717) is 29.5 Å². The summed E-state index contributed by atoms with van der Waals surface area (Å²) in [4.78, 5) is 30.2. The third-order valence-corrected chi connectivity index (χ3v) is 6.07. The maximum absolute atomic E-state index is 13.1. The number of carbonyl (C=O) groups is 1. The average molecular weight is 410 g/mol. The zero-order chi connectivity index (χ0) is 20.1. The molecule has 1 amide bonds. The molecule has 6 nitrogen and oxygen atoms in total. The number of furan rings is 1. The minimum absolute atomic E-state index is 0.0678. The molecule has 0 spiro atoms. The summed E-state index contributed by atoms with van der Waals surface area (Å²) in [5, 5.41) is 1.48. The highest BCUT2D eigenvalue weighted by Gasteiger charge is 2.29. The predicted octanol–water partition coefficient (Wildman–Crippen LogP) is 4.51. The maximum Gasteiger partial charge on any atom is 0.326 e. The molecule has 148 valence electrons. The number of carbonyl (C=O) groups excluding carboxylic acids is 1. The van der Waals surface area contributed by atoms with Crippen molar-refractivity contribution in [3.8, 4) is 0 Å². The lowest BCUT2D eigenvalue weighted by Gasteiger charge is -2.32. The topological polar surface area (TPSA) is 71.2 Å². The number of amides is 1. The summed E-state index contributed by atoms with van der Waals surface area (Å²) in [6.07, 6.45) is 1.44. The van der Waals surface area contributed by atoms with Crippen LogP contribution in [0, 0.1) is 6.92 Å². The Hall–Kier alpha value is -2.99. The first-order valence-electron chi connectivity index (χ1n) is 9.70. The third-order valence-electron chi connectivity index (χ3n) is 5.83. The highest BCUT2D eigenvalue weighted by molar-refractivity contribution is 6.31.